The third-order valence-electron chi connectivity index (χ3n) is 7.58. The zero-order valence-corrected chi connectivity index (χ0v) is 27.9. The van der Waals surface area contributed by atoms with Crippen LogP contribution in [0.1, 0.15) is 36.5 Å². The van der Waals surface area contributed by atoms with Crippen molar-refractivity contribution in [3.63, 3.8) is 0 Å². The smallest absolute Gasteiger partial charge is 0.264 e. The number of ether oxygens (including phenoxy) is 1. The summed E-state index contributed by atoms with van der Waals surface area (Å²) in [6, 6.07) is 28.6. The molecule has 0 bridgehead atoms. The Bertz CT molecular complexity index is 1720. The summed E-state index contributed by atoms with van der Waals surface area (Å²) in [5.74, 6) is -0.600. The van der Waals surface area contributed by atoms with Crippen molar-refractivity contribution >= 4 is 39.1 Å². The van der Waals surface area contributed by atoms with Crippen molar-refractivity contribution in [3.8, 4) is 5.75 Å². The number of carbonyl (C=O) groups is 2. The zero-order valence-electron chi connectivity index (χ0n) is 26.4. The molecule has 0 spiro atoms. The summed E-state index contributed by atoms with van der Waals surface area (Å²) in [4.78, 5) is 29.9. The molecule has 10 heteroatoms. The number of hydrogen-bond donors (Lipinski definition) is 1. The molecule has 1 N–H and O–H groups in total. The second-order valence-corrected chi connectivity index (χ2v) is 13.3. The molecule has 4 aromatic rings. The molecule has 0 saturated heterocycles. The maximum atomic E-state index is 14.6. The summed E-state index contributed by atoms with van der Waals surface area (Å²) in [6.45, 7) is 3.80. The molecule has 0 aliphatic rings. The largest absolute Gasteiger partial charge is 0.495 e. The molecule has 4 rings (SSSR count). The van der Waals surface area contributed by atoms with Gasteiger partial charge in [-0.2, -0.15) is 0 Å². The van der Waals surface area contributed by atoms with Gasteiger partial charge in [-0.3, -0.25) is 13.9 Å². The van der Waals surface area contributed by atoms with Gasteiger partial charge >= 0.3 is 0 Å². The number of nitrogens with one attached hydrogen (secondary N) is 1. The van der Waals surface area contributed by atoms with Crippen LogP contribution < -0.4 is 14.4 Å². The third kappa shape index (κ3) is 8.89. The van der Waals surface area contributed by atoms with Gasteiger partial charge in [0.05, 0.1) is 17.7 Å². The molecule has 0 heterocycles. The van der Waals surface area contributed by atoms with Crippen LogP contribution in [0.25, 0.3) is 0 Å². The topological polar surface area (TPSA) is 96.0 Å². The standard InChI is InChI=1S/C36H40ClN3O5S/c1-4-5-22-38-36(42)33(24-28-12-7-6-8-13-28)39(25-29-14-11-15-30(37)23-29)35(41)26-40(32-16-9-10-17-34(32)45-3)46(43,44)31-20-18-27(2)19-21-31/h6-21,23,33H,4-5,22,24-26H2,1-3H3,(H,38,42)/t33-/m1/s1. The Kier molecular flexibility index (Phi) is 12.2. The first-order valence-corrected chi connectivity index (χ1v) is 17.0. The normalized spacial score (nSPS) is 11.8. The number of anilines is 1. The number of sulfonamides is 1. The van der Waals surface area contributed by atoms with E-state index in [-0.39, 0.29) is 35.2 Å². The van der Waals surface area contributed by atoms with Crippen LogP contribution in [-0.4, -0.2) is 51.4 Å². The van der Waals surface area contributed by atoms with Crippen LogP contribution in [0.4, 0.5) is 5.69 Å². The fourth-order valence-electron chi connectivity index (χ4n) is 5.08. The van der Waals surface area contributed by atoms with Gasteiger partial charge in [-0.1, -0.05) is 97.2 Å². The lowest BCUT2D eigenvalue weighted by molar-refractivity contribution is -0.140. The second kappa shape index (κ2) is 16.3. The maximum Gasteiger partial charge on any atom is 0.264 e. The lowest BCUT2D eigenvalue weighted by Crippen LogP contribution is -2.53. The minimum absolute atomic E-state index is 0.0244. The predicted octanol–water partition coefficient (Wildman–Crippen LogP) is 6.41. The highest BCUT2D eigenvalue weighted by molar-refractivity contribution is 7.92. The molecule has 0 saturated carbocycles. The lowest BCUT2D eigenvalue weighted by Gasteiger charge is -2.34. The minimum Gasteiger partial charge on any atom is -0.495 e. The van der Waals surface area contributed by atoms with Gasteiger partial charge in [-0.15, -0.1) is 0 Å². The molecule has 0 unspecified atom stereocenters. The van der Waals surface area contributed by atoms with Gasteiger partial charge in [0.15, 0.2) is 0 Å². The summed E-state index contributed by atoms with van der Waals surface area (Å²) < 4.78 is 35.1. The van der Waals surface area contributed by atoms with E-state index in [1.165, 1.54) is 24.1 Å². The van der Waals surface area contributed by atoms with E-state index in [1.807, 2.05) is 50.2 Å². The fraction of sp³-hybridized carbons (Fsp3) is 0.278. The maximum absolute atomic E-state index is 14.6. The molecule has 1 atom stereocenters. The zero-order chi connectivity index (χ0) is 33.1. The number of rotatable bonds is 15. The number of unbranched alkanes of at least 4 members (excludes halogenated alkanes) is 1. The molecule has 242 valence electrons. The number of aryl methyl sites for hydroxylation is 1. The monoisotopic (exact) mass is 661 g/mol. The van der Waals surface area contributed by atoms with E-state index in [2.05, 4.69) is 5.32 Å². The van der Waals surface area contributed by atoms with E-state index >= 15 is 0 Å². The lowest BCUT2D eigenvalue weighted by atomic mass is 10.0. The van der Waals surface area contributed by atoms with Gasteiger partial charge in [0.25, 0.3) is 10.0 Å². The molecule has 0 fully saturated rings. The Hall–Kier alpha value is -4.34. The molecular formula is C36H40ClN3O5S. The molecule has 46 heavy (non-hydrogen) atoms. The Morgan fingerprint density at radius 1 is 0.891 bits per heavy atom. The van der Waals surface area contributed by atoms with Crippen LogP contribution in [0.5, 0.6) is 5.75 Å². The number of hydrogen-bond acceptors (Lipinski definition) is 5. The number of amides is 2. The van der Waals surface area contributed by atoms with Gasteiger partial charge in [-0.05, 0) is 60.9 Å². The predicted molar refractivity (Wildman–Crippen MR) is 183 cm³/mol. The summed E-state index contributed by atoms with van der Waals surface area (Å²) >= 11 is 6.32. The highest BCUT2D eigenvalue weighted by Gasteiger charge is 2.35. The Morgan fingerprint density at radius 2 is 1.57 bits per heavy atom. The molecule has 4 aromatic carbocycles. The highest BCUT2D eigenvalue weighted by Crippen LogP contribution is 2.33. The van der Waals surface area contributed by atoms with Crippen molar-refractivity contribution in [2.24, 2.45) is 0 Å². The number of benzene rings is 4. The van der Waals surface area contributed by atoms with Crippen molar-refractivity contribution < 1.29 is 22.7 Å². The van der Waals surface area contributed by atoms with E-state index in [4.69, 9.17) is 16.3 Å². The van der Waals surface area contributed by atoms with E-state index in [1.54, 1.807) is 54.6 Å². The van der Waals surface area contributed by atoms with E-state index in [0.717, 1.165) is 28.3 Å². The third-order valence-corrected chi connectivity index (χ3v) is 9.59. The first-order valence-electron chi connectivity index (χ1n) is 15.2. The summed E-state index contributed by atoms with van der Waals surface area (Å²) in [7, 11) is -2.81. The van der Waals surface area contributed by atoms with Gasteiger partial charge in [-0.25, -0.2) is 8.42 Å². The van der Waals surface area contributed by atoms with Crippen LogP contribution >= 0.6 is 11.6 Å². The average molecular weight is 662 g/mol. The number of halogens is 1. The van der Waals surface area contributed by atoms with Gasteiger partial charge in [0.2, 0.25) is 11.8 Å². The molecular weight excluding hydrogens is 622 g/mol. The number of para-hydroxylation sites is 2. The van der Waals surface area contributed by atoms with Crippen LogP contribution in [-0.2, 0) is 32.6 Å². The molecule has 2 amide bonds. The second-order valence-electron chi connectivity index (χ2n) is 11.0. The van der Waals surface area contributed by atoms with Crippen molar-refractivity contribution in [2.45, 2.75) is 50.6 Å². The van der Waals surface area contributed by atoms with Crippen molar-refractivity contribution in [1.82, 2.24) is 10.2 Å². The molecule has 0 radical (unpaired) electrons. The Balaban J connectivity index is 1.82. The van der Waals surface area contributed by atoms with Crippen LogP contribution in [0.15, 0.2) is 108 Å². The number of methoxy groups -OCH3 is 1. The minimum atomic E-state index is -4.25. The van der Waals surface area contributed by atoms with E-state index < -0.39 is 28.5 Å². The van der Waals surface area contributed by atoms with Crippen molar-refractivity contribution in [1.29, 1.82) is 0 Å². The van der Waals surface area contributed by atoms with Crippen molar-refractivity contribution in [2.75, 3.05) is 24.5 Å². The first kappa shape index (κ1) is 34.5. The molecule has 0 aromatic heterocycles. The summed E-state index contributed by atoms with van der Waals surface area (Å²) in [5, 5.41) is 3.47. The molecule has 8 nitrogen and oxygen atoms in total. The van der Waals surface area contributed by atoms with E-state index in [9.17, 15) is 18.0 Å². The van der Waals surface area contributed by atoms with Gasteiger partial charge in [0, 0.05) is 24.5 Å². The van der Waals surface area contributed by atoms with Crippen LogP contribution in [0.3, 0.4) is 0 Å². The average Bonchev–Trinajstić information content (AvgIpc) is 3.05. The summed E-state index contributed by atoms with van der Waals surface area (Å²) in [6.07, 6.45) is 1.90. The van der Waals surface area contributed by atoms with Gasteiger partial charge in [0.1, 0.15) is 18.3 Å². The fourth-order valence-corrected chi connectivity index (χ4v) is 6.72. The highest BCUT2D eigenvalue weighted by atomic mass is 35.5. The van der Waals surface area contributed by atoms with Crippen LogP contribution in [0, 0.1) is 6.92 Å². The Labute approximate surface area is 277 Å². The first-order chi connectivity index (χ1) is 22.1. The Morgan fingerprint density at radius 3 is 2.24 bits per heavy atom. The van der Waals surface area contributed by atoms with E-state index in [0.29, 0.717) is 17.1 Å². The van der Waals surface area contributed by atoms with Gasteiger partial charge < -0.3 is 15.0 Å². The number of carbonyl (C=O) groups excluding carboxylic acids is 2. The quantitative estimate of drug-likeness (QED) is 0.149. The van der Waals surface area contributed by atoms with Crippen LogP contribution in [0.2, 0.25) is 5.02 Å². The molecule has 0 aliphatic heterocycles. The molecule has 0 aliphatic carbocycles. The van der Waals surface area contributed by atoms with Crippen molar-refractivity contribution in [3.05, 3.63) is 125 Å². The summed E-state index contributed by atoms with van der Waals surface area (Å²) in [5.41, 5.74) is 2.65. The number of nitrogens with zero attached hydrogens (tertiary/aromatic N) is 2. The SMILES string of the molecule is CCCCNC(=O)[C@@H](Cc1ccccc1)N(Cc1cccc(Cl)c1)C(=O)CN(c1ccccc1OC)S(=O)(=O)c1ccc(C)cc1.